The monoisotopic (exact) mass is 458 g/mol. The number of hydrazone groups is 1. The van der Waals surface area contributed by atoms with E-state index in [2.05, 4.69) is 33.4 Å². The second kappa shape index (κ2) is 12.9. The third kappa shape index (κ3) is 8.60. The summed E-state index contributed by atoms with van der Waals surface area (Å²) in [7, 11) is 0. The molecule has 0 aliphatic rings. The van der Waals surface area contributed by atoms with Gasteiger partial charge in [-0.25, -0.2) is 10.2 Å². The number of ether oxygens (including phenoxy) is 1. The van der Waals surface area contributed by atoms with Gasteiger partial charge in [-0.15, -0.1) is 0 Å². The summed E-state index contributed by atoms with van der Waals surface area (Å²) in [6, 6.07) is 14.0. The average molecular weight is 459 g/mol. The van der Waals surface area contributed by atoms with Crippen molar-refractivity contribution in [1.82, 2.24) is 5.43 Å². The van der Waals surface area contributed by atoms with E-state index in [-0.39, 0.29) is 5.91 Å². The van der Waals surface area contributed by atoms with Crippen LogP contribution in [0, 0.1) is 0 Å². The molecule has 0 radical (unpaired) electrons. The molecule has 0 unspecified atom stereocenters. The van der Waals surface area contributed by atoms with E-state index in [4.69, 9.17) is 4.74 Å². The lowest BCUT2D eigenvalue weighted by Crippen LogP contribution is -2.16. The summed E-state index contributed by atoms with van der Waals surface area (Å²) in [5, 5.41) is 3.98. The molecule has 6 heteroatoms. The number of hydrogen-bond acceptors (Lipinski definition) is 4. The van der Waals surface area contributed by atoms with Crippen molar-refractivity contribution in [2.75, 3.05) is 0 Å². The fourth-order valence-electron chi connectivity index (χ4n) is 2.71. The second-order valence-corrected chi connectivity index (χ2v) is 7.60. The topological polar surface area (TPSA) is 67.8 Å². The van der Waals surface area contributed by atoms with E-state index in [9.17, 15) is 9.59 Å². The molecule has 0 spiro atoms. The molecule has 0 saturated heterocycles. The minimum Gasteiger partial charge on any atom is -0.423 e. The van der Waals surface area contributed by atoms with E-state index in [1.807, 2.05) is 6.07 Å². The Kier molecular flexibility index (Phi) is 10.1. The first kappa shape index (κ1) is 22.8. The molecule has 5 nitrogen and oxygen atoms in total. The van der Waals surface area contributed by atoms with Crippen LogP contribution in [-0.4, -0.2) is 18.1 Å². The normalized spacial score (nSPS) is 10.8. The maximum absolute atomic E-state index is 12.2. The van der Waals surface area contributed by atoms with Gasteiger partial charge in [-0.05, 0) is 64.3 Å². The summed E-state index contributed by atoms with van der Waals surface area (Å²) in [5.74, 6) is -0.0633. The predicted octanol–water partition coefficient (Wildman–Crippen LogP) is 5.87. The number of nitrogens with zero attached hydrogens (tertiary/aromatic N) is 1. The molecule has 0 aromatic heterocycles. The van der Waals surface area contributed by atoms with Crippen molar-refractivity contribution in [2.24, 2.45) is 5.10 Å². The molecule has 2 aromatic carbocycles. The van der Waals surface area contributed by atoms with E-state index >= 15 is 0 Å². The number of amides is 1. The second-order valence-electron chi connectivity index (χ2n) is 6.75. The lowest BCUT2D eigenvalue weighted by atomic mass is 10.1. The van der Waals surface area contributed by atoms with Crippen molar-refractivity contribution in [3.05, 3.63) is 64.1 Å². The largest absolute Gasteiger partial charge is 0.423 e. The Balaban J connectivity index is 1.73. The van der Waals surface area contributed by atoms with Gasteiger partial charge in [0.05, 0.1) is 11.8 Å². The summed E-state index contributed by atoms with van der Waals surface area (Å²) in [5.41, 5.74) is 3.81. The fourth-order valence-corrected chi connectivity index (χ4v) is 3.16. The van der Waals surface area contributed by atoms with Crippen LogP contribution in [-0.2, 0) is 4.79 Å². The van der Waals surface area contributed by atoms with Gasteiger partial charge in [0.15, 0.2) is 0 Å². The number of esters is 1. The quantitative estimate of drug-likeness (QED) is 0.150. The van der Waals surface area contributed by atoms with Gasteiger partial charge < -0.3 is 4.74 Å². The highest BCUT2D eigenvalue weighted by molar-refractivity contribution is 9.10. The van der Waals surface area contributed by atoms with Crippen LogP contribution < -0.4 is 10.2 Å². The zero-order chi connectivity index (χ0) is 20.9. The Hall–Kier alpha value is -2.47. The minimum atomic E-state index is -0.430. The molecular formula is C23H27BrN2O3. The molecule has 2 aromatic rings. The highest BCUT2D eigenvalue weighted by atomic mass is 79.9. The lowest BCUT2D eigenvalue weighted by Gasteiger charge is -2.06. The van der Waals surface area contributed by atoms with Gasteiger partial charge in [0.1, 0.15) is 5.75 Å². The Morgan fingerprint density at radius 1 is 1.00 bits per heavy atom. The number of carbonyl (C=O) groups is 2. The van der Waals surface area contributed by atoms with Crippen LogP contribution in [0.5, 0.6) is 5.75 Å². The summed E-state index contributed by atoms with van der Waals surface area (Å²) in [6.45, 7) is 2.19. The molecular weight excluding hydrogens is 432 g/mol. The molecule has 0 aliphatic heterocycles. The first-order chi connectivity index (χ1) is 14.1. The average Bonchev–Trinajstić information content (AvgIpc) is 2.72. The van der Waals surface area contributed by atoms with Crippen molar-refractivity contribution in [3.63, 3.8) is 0 Å². The molecule has 1 N–H and O–H groups in total. The summed E-state index contributed by atoms with van der Waals surface area (Å²) in [6.07, 6.45) is 8.94. The third-order valence-corrected chi connectivity index (χ3v) is 5.04. The van der Waals surface area contributed by atoms with Gasteiger partial charge in [-0.2, -0.15) is 5.10 Å². The highest BCUT2D eigenvalue weighted by Gasteiger charge is 2.11. The van der Waals surface area contributed by atoms with Crippen LogP contribution in [0.25, 0.3) is 0 Å². The molecule has 0 fully saturated rings. The fraction of sp³-hybridized carbons (Fsp3) is 0.348. The van der Waals surface area contributed by atoms with E-state index in [0.717, 1.165) is 18.4 Å². The molecule has 0 atom stereocenters. The van der Waals surface area contributed by atoms with E-state index in [1.54, 1.807) is 48.7 Å². The molecule has 0 aliphatic carbocycles. The van der Waals surface area contributed by atoms with Gasteiger partial charge in [-0.3, -0.25) is 4.79 Å². The Labute approximate surface area is 180 Å². The van der Waals surface area contributed by atoms with Gasteiger partial charge in [-0.1, -0.05) is 51.2 Å². The standard InChI is InChI=1S/C23H27BrN2O3/c1-2-3-4-5-6-7-12-22(27)26-25-17-18-13-15-19(16-14-18)29-23(28)20-10-8-9-11-21(20)24/h8-11,13-17H,2-7,12H2,1H3,(H,26,27)/b25-17+. The van der Waals surface area contributed by atoms with Crippen molar-refractivity contribution in [3.8, 4) is 5.75 Å². The zero-order valence-electron chi connectivity index (χ0n) is 16.7. The lowest BCUT2D eigenvalue weighted by molar-refractivity contribution is -0.121. The first-order valence-corrected chi connectivity index (χ1v) is 10.8. The molecule has 154 valence electrons. The van der Waals surface area contributed by atoms with Gasteiger partial charge in [0.25, 0.3) is 0 Å². The van der Waals surface area contributed by atoms with Gasteiger partial charge >= 0.3 is 5.97 Å². The maximum Gasteiger partial charge on any atom is 0.344 e. The van der Waals surface area contributed by atoms with Crippen LogP contribution in [0.15, 0.2) is 58.1 Å². The van der Waals surface area contributed by atoms with Crippen LogP contribution >= 0.6 is 15.9 Å². The smallest absolute Gasteiger partial charge is 0.344 e. The third-order valence-electron chi connectivity index (χ3n) is 4.34. The van der Waals surface area contributed by atoms with Crippen LogP contribution in [0.4, 0.5) is 0 Å². The van der Waals surface area contributed by atoms with Gasteiger partial charge in [0, 0.05) is 10.9 Å². The van der Waals surface area contributed by atoms with Crippen LogP contribution in [0.1, 0.15) is 67.8 Å². The van der Waals surface area contributed by atoms with Crippen molar-refractivity contribution >= 4 is 34.0 Å². The molecule has 0 saturated carbocycles. The molecule has 29 heavy (non-hydrogen) atoms. The SMILES string of the molecule is CCCCCCCCC(=O)N/N=C/c1ccc(OC(=O)c2ccccc2Br)cc1. The number of unbranched alkanes of at least 4 members (excludes halogenated alkanes) is 5. The van der Waals surface area contributed by atoms with Crippen molar-refractivity contribution in [1.29, 1.82) is 0 Å². The number of carbonyl (C=O) groups excluding carboxylic acids is 2. The number of benzene rings is 2. The number of halogens is 1. The Morgan fingerprint density at radius 3 is 2.41 bits per heavy atom. The van der Waals surface area contributed by atoms with Crippen molar-refractivity contribution < 1.29 is 14.3 Å². The Morgan fingerprint density at radius 2 is 1.69 bits per heavy atom. The van der Waals surface area contributed by atoms with Gasteiger partial charge in [0.2, 0.25) is 5.91 Å². The predicted molar refractivity (Wildman–Crippen MR) is 119 cm³/mol. The summed E-state index contributed by atoms with van der Waals surface area (Å²) < 4.78 is 6.06. The maximum atomic E-state index is 12.2. The molecule has 2 rings (SSSR count). The molecule has 0 heterocycles. The minimum absolute atomic E-state index is 0.0734. The van der Waals surface area contributed by atoms with E-state index < -0.39 is 5.97 Å². The number of nitrogens with one attached hydrogen (secondary N) is 1. The summed E-state index contributed by atoms with van der Waals surface area (Å²) in [4.78, 5) is 24.0. The first-order valence-electron chi connectivity index (χ1n) is 9.99. The zero-order valence-corrected chi connectivity index (χ0v) is 18.3. The highest BCUT2D eigenvalue weighted by Crippen LogP contribution is 2.19. The van der Waals surface area contributed by atoms with Crippen molar-refractivity contribution in [2.45, 2.75) is 51.9 Å². The van der Waals surface area contributed by atoms with Crippen LogP contribution in [0.2, 0.25) is 0 Å². The number of rotatable bonds is 11. The molecule has 0 bridgehead atoms. The summed E-state index contributed by atoms with van der Waals surface area (Å²) >= 11 is 3.34. The Bertz CT molecular complexity index is 819. The van der Waals surface area contributed by atoms with E-state index in [0.29, 0.717) is 22.2 Å². The number of hydrogen-bond donors (Lipinski definition) is 1. The van der Waals surface area contributed by atoms with E-state index in [1.165, 1.54) is 25.7 Å². The van der Waals surface area contributed by atoms with Crippen LogP contribution in [0.3, 0.4) is 0 Å². The molecule has 1 amide bonds.